The first-order valence-corrected chi connectivity index (χ1v) is 8.19. The van der Waals surface area contributed by atoms with Gasteiger partial charge in [0.15, 0.2) is 0 Å². The number of benzene rings is 1. The molecule has 2 aliphatic rings. The van der Waals surface area contributed by atoms with E-state index < -0.39 is 0 Å². The second kappa shape index (κ2) is 6.20. The summed E-state index contributed by atoms with van der Waals surface area (Å²) in [5.41, 5.74) is 3.83. The van der Waals surface area contributed by atoms with Crippen LogP contribution in [0.15, 0.2) is 36.8 Å². The molecule has 1 saturated heterocycles. The maximum absolute atomic E-state index is 12.7. The van der Waals surface area contributed by atoms with E-state index in [0.29, 0.717) is 24.8 Å². The average Bonchev–Trinajstić information content (AvgIpc) is 3.28. The molecule has 1 amide bonds. The molecule has 124 valence electrons. The van der Waals surface area contributed by atoms with E-state index in [4.69, 9.17) is 4.74 Å². The molecule has 1 aromatic carbocycles. The van der Waals surface area contributed by atoms with Crippen LogP contribution in [0, 0.1) is 0 Å². The Balaban J connectivity index is 1.45. The predicted octanol–water partition coefficient (Wildman–Crippen LogP) is 1.86. The van der Waals surface area contributed by atoms with Gasteiger partial charge in [0.25, 0.3) is 5.91 Å². The molecule has 0 aliphatic carbocycles. The number of nitrogens with zero attached hydrogens (tertiary/aromatic N) is 4. The lowest BCUT2D eigenvalue weighted by molar-refractivity contribution is 0.0750. The number of anilines is 1. The van der Waals surface area contributed by atoms with E-state index in [0.717, 1.165) is 36.5 Å². The first kappa shape index (κ1) is 15.1. The molecule has 0 spiro atoms. The number of methoxy groups -OCH3 is 1. The van der Waals surface area contributed by atoms with Crippen LogP contribution in [0.3, 0.4) is 0 Å². The number of carbonyl (C=O) groups excluding carboxylic acids is 1. The van der Waals surface area contributed by atoms with Gasteiger partial charge in [-0.05, 0) is 30.7 Å². The topological polar surface area (TPSA) is 58.6 Å². The van der Waals surface area contributed by atoms with E-state index >= 15 is 0 Å². The van der Waals surface area contributed by atoms with Crippen LogP contribution in [0.2, 0.25) is 0 Å². The zero-order valence-corrected chi connectivity index (χ0v) is 13.7. The molecule has 0 unspecified atom stereocenters. The molecule has 1 aromatic heterocycles. The smallest absolute Gasteiger partial charge is 0.254 e. The van der Waals surface area contributed by atoms with Gasteiger partial charge in [-0.2, -0.15) is 0 Å². The van der Waals surface area contributed by atoms with Gasteiger partial charge in [-0.25, -0.2) is 9.97 Å². The molecule has 3 heterocycles. The van der Waals surface area contributed by atoms with Crippen molar-refractivity contribution in [1.82, 2.24) is 14.9 Å². The summed E-state index contributed by atoms with van der Waals surface area (Å²) < 4.78 is 5.41. The van der Waals surface area contributed by atoms with E-state index in [1.165, 1.54) is 6.33 Å². The summed E-state index contributed by atoms with van der Waals surface area (Å²) in [7, 11) is 1.76. The predicted molar refractivity (Wildman–Crippen MR) is 89.7 cm³/mol. The zero-order valence-electron chi connectivity index (χ0n) is 13.7. The Hall–Kier alpha value is -2.47. The molecular formula is C18H20N4O2. The Kier molecular flexibility index (Phi) is 3.90. The molecule has 0 saturated carbocycles. The molecule has 6 heteroatoms. The minimum atomic E-state index is 0.0377. The molecule has 24 heavy (non-hydrogen) atoms. The molecule has 4 rings (SSSR count). The molecule has 0 bridgehead atoms. The van der Waals surface area contributed by atoms with E-state index in [2.05, 4.69) is 14.9 Å². The van der Waals surface area contributed by atoms with Crippen LogP contribution in [0.25, 0.3) is 0 Å². The van der Waals surface area contributed by atoms with Gasteiger partial charge in [0.2, 0.25) is 0 Å². The molecule has 0 radical (unpaired) electrons. The Morgan fingerprint density at radius 2 is 2.08 bits per heavy atom. The Labute approximate surface area is 141 Å². The van der Waals surface area contributed by atoms with Gasteiger partial charge in [0.05, 0.1) is 18.3 Å². The number of carbonyl (C=O) groups is 1. The number of amides is 1. The number of fused-ring (bicyclic) bond motifs is 1. The van der Waals surface area contributed by atoms with Crippen molar-refractivity contribution in [3.63, 3.8) is 0 Å². The lowest BCUT2D eigenvalue weighted by Gasteiger charge is -2.19. The van der Waals surface area contributed by atoms with Gasteiger partial charge in [0.1, 0.15) is 6.33 Å². The van der Waals surface area contributed by atoms with Crippen LogP contribution in [-0.2, 0) is 17.8 Å². The average molecular weight is 324 g/mol. The van der Waals surface area contributed by atoms with Gasteiger partial charge >= 0.3 is 0 Å². The number of aromatic nitrogens is 2. The van der Waals surface area contributed by atoms with Crippen molar-refractivity contribution in [2.75, 3.05) is 25.1 Å². The van der Waals surface area contributed by atoms with E-state index in [-0.39, 0.29) is 5.91 Å². The lowest BCUT2D eigenvalue weighted by Crippen LogP contribution is -2.25. The first-order valence-electron chi connectivity index (χ1n) is 8.19. The van der Waals surface area contributed by atoms with Gasteiger partial charge in [-0.3, -0.25) is 4.79 Å². The SMILES string of the molecule is CO[C@@H]1CCN(c2ccc(C(=O)N3Cc4cncnc4C3)cc2)C1. The quantitative estimate of drug-likeness (QED) is 0.862. The lowest BCUT2D eigenvalue weighted by atomic mass is 10.1. The molecule has 0 N–H and O–H groups in total. The number of hydrogen-bond donors (Lipinski definition) is 0. The van der Waals surface area contributed by atoms with Gasteiger partial charge in [0, 0.05) is 49.8 Å². The van der Waals surface area contributed by atoms with Crippen LogP contribution < -0.4 is 4.90 Å². The highest BCUT2D eigenvalue weighted by molar-refractivity contribution is 5.94. The fraction of sp³-hybridized carbons (Fsp3) is 0.389. The van der Waals surface area contributed by atoms with Crippen molar-refractivity contribution < 1.29 is 9.53 Å². The van der Waals surface area contributed by atoms with Crippen molar-refractivity contribution >= 4 is 11.6 Å². The minimum Gasteiger partial charge on any atom is -0.380 e. The van der Waals surface area contributed by atoms with Crippen molar-refractivity contribution in [2.45, 2.75) is 25.6 Å². The fourth-order valence-corrected chi connectivity index (χ4v) is 3.40. The van der Waals surface area contributed by atoms with Crippen molar-refractivity contribution in [3.05, 3.63) is 53.6 Å². The third kappa shape index (κ3) is 2.73. The first-order chi connectivity index (χ1) is 11.7. The largest absolute Gasteiger partial charge is 0.380 e. The highest BCUT2D eigenvalue weighted by Gasteiger charge is 2.26. The van der Waals surface area contributed by atoms with E-state index in [1.54, 1.807) is 13.3 Å². The summed E-state index contributed by atoms with van der Waals surface area (Å²) in [6.45, 7) is 3.04. The minimum absolute atomic E-state index is 0.0377. The van der Waals surface area contributed by atoms with Crippen LogP contribution in [0.4, 0.5) is 5.69 Å². The van der Waals surface area contributed by atoms with Crippen LogP contribution in [-0.4, -0.2) is 47.1 Å². The number of rotatable bonds is 3. The van der Waals surface area contributed by atoms with Crippen LogP contribution in [0.1, 0.15) is 28.0 Å². The van der Waals surface area contributed by atoms with E-state index in [1.807, 2.05) is 29.2 Å². The molecule has 2 aliphatic heterocycles. The van der Waals surface area contributed by atoms with Crippen LogP contribution >= 0.6 is 0 Å². The Morgan fingerprint density at radius 3 is 2.79 bits per heavy atom. The molecule has 1 atom stereocenters. The summed E-state index contributed by atoms with van der Waals surface area (Å²) in [5, 5.41) is 0. The van der Waals surface area contributed by atoms with Crippen molar-refractivity contribution in [3.8, 4) is 0 Å². The normalized spacial score (nSPS) is 19.6. The Bertz CT molecular complexity index is 722. The summed E-state index contributed by atoms with van der Waals surface area (Å²) in [6.07, 6.45) is 4.67. The zero-order chi connectivity index (χ0) is 16.5. The summed E-state index contributed by atoms with van der Waals surface area (Å²) in [4.78, 5) is 25.1. The van der Waals surface area contributed by atoms with E-state index in [9.17, 15) is 4.79 Å². The molecular weight excluding hydrogens is 304 g/mol. The van der Waals surface area contributed by atoms with Gasteiger partial charge in [-0.15, -0.1) is 0 Å². The number of ether oxygens (including phenoxy) is 1. The molecule has 2 aromatic rings. The molecule has 6 nitrogen and oxygen atoms in total. The third-order valence-electron chi connectivity index (χ3n) is 4.83. The second-order valence-electron chi connectivity index (χ2n) is 6.30. The highest BCUT2D eigenvalue weighted by atomic mass is 16.5. The standard InChI is InChI=1S/C18H20N4O2/c1-24-16-6-7-21(10-16)15-4-2-13(3-5-15)18(23)22-9-14-8-19-12-20-17(14)11-22/h2-5,8,12,16H,6-7,9-11H2,1H3/t16-/m1/s1. The van der Waals surface area contributed by atoms with Crippen LogP contribution in [0.5, 0.6) is 0 Å². The van der Waals surface area contributed by atoms with Gasteiger partial charge < -0.3 is 14.5 Å². The highest BCUT2D eigenvalue weighted by Crippen LogP contribution is 2.25. The third-order valence-corrected chi connectivity index (χ3v) is 4.83. The maximum Gasteiger partial charge on any atom is 0.254 e. The summed E-state index contributed by atoms with van der Waals surface area (Å²) in [6, 6.07) is 7.86. The summed E-state index contributed by atoms with van der Waals surface area (Å²) in [5.74, 6) is 0.0377. The monoisotopic (exact) mass is 324 g/mol. The van der Waals surface area contributed by atoms with Crippen molar-refractivity contribution in [2.24, 2.45) is 0 Å². The van der Waals surface area contributed by atoms with Gasteiger partial charge in [-0.1, -0.05) is 0 Å². The fourth-order valence-electron chi connectivity index (χ4n) is 3.40. The maximum atomic E-state index is 12.7. The summed E-state index contributed by atoms with van der Waals surface area (Å²) >= 11 is 0. The second-order valence-corrected chi connectivity index (χ2v) is 6.30. The number of hydrogen-bond acceptors (Lipinski definition) is 5. The Morgan fingerprint density at radius 1 is 1.25 bits per heavy atom. The molecule has 1 fully saturated rings. The van der Waals surface area contributed by atoms with Crippen molar-refractivity contribution in [1.29, 1.82) is 0 Å².